The lowest BCUT2D eigenvalue weighted by atomic mass is 10.3. The number of amides is 1. The maximum Gasteiger partial charge on any atom is 0.329 e. The van der Waals surface area contributed by atoms with Gasteiger partial charge >= 0.3 is 5.69 Å². The molecular weight excluding hydrogens is 334 g/mol. The third-order valence-electron chi connectivity index (χ3n) is 4.75. The van der Waals surface area contributed by atoms with Crippen LogP contribution in [0.4, 0.5) is 0 Å². The SMILES string of the molecule is CCn1c(=O)n(CC(=O)N(Cc2cccs2)C2CC2)c2ccccc21. The number of imidazole rings is 1. The molecule has 1 amide bonds. The van der Waals surface area contributed by atoms with E-state index in [4.69, 9.17) is 0 Å². The number of hydrogen-bond acceptors (Lipinski definition) is 3. The summed E-state index contributed by atoms with van der Waals surface area (Å²) in [7, 11) is 0. The van der Waals surface area contributed by atoms with Gasteiger partial charge in [-0.3, -0.25) is 13.9 Å². The van der Waals surface area contributed by atoms with E-state index >= 15 is 0 Å². The fourth-order valence-corrected chi connectivity index (χ4v) is 4.04. The van der Waals surface area contributed by atoms with Crippen LogP contribution in [0.25, 0.3) is 11.0 Å². The molecule has 0 saturated heterocycles. The molecular formula is C19H21N3O2S. The van der Waals surface area contributed by atoms with E-state index < -0.39 is 0 Å². The van der Waals surface area contributed by atoms with Crippen molar-refractivity contribution in [2.75, 3.05) is 0 Å². The van der Waals surface area contributed by atoms with Gasteiger partial charge in [0, 0.05) is 17.5 Å². The van der Waals surface area contributed by atoms with Gasteiger partial charge in [0.15, 0.2) is 0 Å². The third-order valence-corrected chi connectivity index (χ3v) is 5.61. The van der Waals surface area contributed by atoms with Crippen LogP contribution in [0.5, 0.6) is 0 Å². The maximum atomic E-state index is 13.0. The molecule has 6 heteroatoms. The van der Waals surface area contributed by atoms with E-state index in [2.05, 4.69) is 6.07 Å². The minimum atomic E-state index is -0.107. The molecule has 2 aromatic heterocycles. The van der Waals surface area contributed by atoms with Crippen LogP contribution in [0.3, 0.4) is 0 Å². The smallest absolute Gasteiger partial charge is 0.329 e. The molecule has 0 atom stereocenters. The zero-order chi connectivity index (χ0) is 17.4. The molecule has 0 N–H and O–H groups in total. The van der Waals surface area contributed by atoms with Crippen molar-refractivity contribution in [3.8, 4) is 0 Å². The number of hydrogen-bond donors (Lipinski definition) is 0. The normalized spacial score (nSPS) is 14.1. The number of rotatable bonds is 6. The Bertz CT molecular complexity index is 951. The van der Waals surface area contributed by atoms with Crippen molar-refractivity contribution in [1.29, 1.82) is 0 Å². The molecule has 1 fully saturated rings. The van der Waals surface area contributed by atoms with Crippen LogP contribution in [0, 0.1) is 0 Å². The summed E-state index contributed by atoms with van der Waals surface area (Å²) in [5, 5.41) is 2.03. The second kappa shape index (κ2) is 6.52. The number of nitrogens with zero attached hydrogens (tertiary/aromatic N) is 3. The molecule has 130 valence electrons. The molecule has 0 bridgehead atoms. The summed E-state index contributed by atoms with van der Waals surface area (Å²) >= 11 is 1.67. The molecule has 1 saturated carbocycles. The van der Waals surface area contributed by atoms with Gasteiger partial charge in [-0.1, -0.05) is 18.2 Å². The first-order chi connectivity index (χ1) is 12.2. The Kier molecular flexibility index (Phi) is 4.21. The average molecular weight is 355 g/mol. The third kappa shape index (κ3) is 3.02. The number of fused-ring (bicyclic) bond motifs is 1. The Morgan fingerprint density at radius 1 is 1.16 bits per heavy atom. The standard InChI is InChI=1S/C19H21N3O2S/c1-2-20-16-7-3-4-8-17(16)22(19(20)24)13-18(23)21(14-9-10-14)12-15-6-5-11-25-15/h3-8,11,14H,2,9-10,12-13H2,1H3. The number of benzene rings is 1. The summed E-state index contributed by atoms with van der Waals surface area (Å²) in [6, 6.07) is 12.1. The Balaban J connectivity index is 1.65. The summed E-state index contributed by atoms with van der Waals surface area (Å²) in [6.45, 7) is 3.30. The zero-order valence-electron chi connectivity index (χ0n) is 14.2. The van der Waals surface area contributed by atoms with Gasteiger partial charge in [0.2, 0.25) is 5.91 Å². The van der Waals surface area contributed by atoms with Crippen LogP contribution in [0.15, 0.2) is 46.6 Å². The first-order valence-corrected chi connectivity index (χ1v) is 9.57. The highest BCUT2D eigenvalue weighted by molar-refractivity contribution is 7.09. The van der Waals surface area contributed by atoms with Gasteiger partial charge in [-0.25, -0.2) is 4.79 Å². The largest absolute Gasteiger partial charge is 0.333 e. The lowest BCUT2D eigenvalue weighted by molar-refractivity contribution is -0.133. The highest BCUT2D eigenvalue weighted by Gasteiger charge is 2.33. The summed E-state index contributed by atoms with van der Waals surface area (Å²) in [5.41, 5.74) is 1.61. The van der Waals surface area contributed by atoms with Crippen LogP contribution < -0.4 is 5.69 Å². The number of thiophene rings is 1. The molecule has 1 aliphatic rings. The number of carbonyl (C=O) groups is 1. The van der Waals surface area contributed by atoms with Gasteiger partial charge in [0.25, 0.3) is 0 Å². The van der Waals surface area contributed by atoms with Crippen molar-refractivity contribution >= 4 is 28.3 Å². The van der Waals surface area contributed by atoms with Crippen molar-refractivity contribution in [2.24, 2.45) is 0 Å². The Morgan fingerprint density at radius 2 is 1.88 bits per heavy atom. The van der Waals surface area contributed by atoms with E-state index in [-0.39, 0.29) is 18.1 Å². The second-order valence-electron chi connectivity index (χ2n) is 6.43. The molecule has 0 aliphatic heterocycles. The van der Waals surface area contributed by atoms with Crippen molar-refractivity contribution in [3.63, 3.8) is 0 Å². The Morgan fingerprint density at radius 3 is 2.48 bits per heavy atom. The first kappa shape index (κ1) is 16.1. The van der Waals surface area contributed by atoms with Crippen molar-refractivity contribution in [3.05, 3.63) is 57.1 Å². The monoisotopic (exact) mass is 355 g/mol. The van der Waals surface area contributed by atoms with E-state index in [1.807, 2.05) is 47.5 Å². The van der Waals surface area contributed by atoms with Gasteiger partial charge in [0.1, 0.15) is 6.54 Å². The molecule has 3 aromatic rings. The van der Waals surface area contributed by atoms with E-state index in [9.17, 15) is 9.59 Å². The lowest BCUT2D eigenvalue weighted by Crippen LogP contribution is -2.37. The summed E-state index contributed by atoms with van der Waals surface area (Å²) in [4.78, 5) is 28.8. The predicted molar refractivity (Wildman–Crippen MR) is 99.8 cm³/mol. The highest BCUT2D eigenvalue weighted by atomic mass is 32.1. The molecule has 0 radical (unpaired) electrons. The Hall–Kier alpha value is -2.34. The number of para-hydroxylation sites is 2. The fraction of sp³-hybridized carbons (Fsp3) is 0.368. The van der Waals surface area contributed by atoms with Gasteiger partial charge in [-0.15, -0.1) is 11.3 Å². The maximum absolute atomic E-state index is 13.0. The molecule has 1 aliphatic carbocycles. The van der Waals surface area contributed by atoms with Crippen molar-refractivity contribution < 1.29 is 4.79 Å². The molecule has 2 heterocycles. The van der Waals surface area contributed by atoms with E-state index in [0.717, 1.165) is 23.9 Å². The topological polar surface area (TPSA) is 47.2 Å². The molecule has 0 spiro atoms. The summed E-state index contributed by atoms with van der Waals surface area (Å²) in [5.74, 6) is 0.0250. The highest BCUT2D eigenvalue weighted by Crippen LogP contribution is 2.29. The fourth-order valence-electron chi connectivity index (χ4n) is 3.33. The van der Waals surface area contributed by atoms with Gasteiger partial charge in [0.05, 0.1) is 17.6 Å². The van der Waals surface area contributed by atoms with E-state index in [0.29, 0.717) is 19.1 Å². The molecule has 5 nitrogen and oxygen atoms in total. The molecule has 1 aromatic carbocycles. The van der Waals surface area contributed by atoms with Gasteiger partial charge in [-0.05, 0) is 43.3 Å². The number of carbonyl (C=O) groups excluding carboxylic acids is 1. The van der Waals surface area contributed by atoms with Crippen LogP contribution in [0.2, 0.25) is 0 Å². The average Bonchev–Trinajstić information content (AvgIpc) is 3.26. The van der Waals surface area contributed by atoms with Gasteiger partial charge in [-0.2, -0.15) is 0 Å². The van der Waals surface area contributed by atoms with E-state index in [1.54, 1.807) is 20.5 Å². The molecule has 0 unspecified atom stereocenters. The van der Waals surface area contributed by atoms with Gasteiger partial charge < -0.3 is 4.90 Å². The minimum absolute atomic E-state index is 0.0250. The van der Waals surface area contributed by atoms with Crippen LogP contribution in [-0.4, -0.2) is 26.0 Å². The summed E-state index contributed by atoms with van der Waals surface area (Å²) in [6.07, 6.45) is 2.12. The first-order valence-electron chi connectivity index (χ1n) is 8.69. The quantitative estimate of drug-likeness (QED) is 0.682. The number of aromatic nitrogens is 2. The van der Waals surface area contributed by atoms with Crippen LogP contribution in [0.1, 0.15) is 24.6 Å². The minimum Gasteiger partial charge on any atom is -0.333 e. The Labute approximate surface area is 150 Å². The molecule has 25 heavy (non-hydrogen) atoms. The predicted octanol–water partition coefficient (Wildman–Crippen LogP) is 3.08. The van der Waals surface area contributed by atoms with Crippen molar-refractivity contribution in [1.82, 2.24) is 14.0 Å². The van der Waals surface area contributed by atoms with Crippen molar-refractivity contribution in [2.45, 2.75) is 45.4 Å². The second-order valence-corrected chi connectivity index (χ2v) is 7.47. The lowest BCUT2D eigenvalue weighted by Gasteiger charge is -2.22. The zero-order valence-corrected chi connectivity index (χ0v) is 15.0. The van der Waals surface area contributed by atoms with E-state index in [1.165, 1.54) is 4.88 Å². The van der Waals surface area contributed by atoms with Crippen LogP contribution in [-0.2, 0) is 24.4 Å². The molecule has 4 rings (SSSR count). The number of aryl methyl sites for hydroxylation is 1. The van der Waals surface area contributed by atoms with Crippen LogP contribution >= 0.6 is 11.3 Å². The summed E-state index contributed by atoms with van der Waals surface area (Å²) < 4.78 is 3.34.